The second-order valence-electron chi connectivity index (χ2n) is 4.40. The van der Waals surface area contributed by atoms with Gasteiger partial charge in [0.15, 0.2) is 0 Å². The van der Waals surface area contributed by atoms with E-state index in [2.05, 4.69) is 29.3 Å². The van der Waals surface area contributed by atoms with Crippen molar-refractivity contribution in [2.24, 2.45) is 0 Å². The standard InChI is InChI=1S/C14H18N2O2S/c1-11(12-6-3-2-4-7-12)10-13-15-16-14(18-13)19-9-5-8-17/h2-4,6-7,11,17H,5,8-10H2,1H3. The third-order valence-electron chi connectivity index (χ3n) is 2.83. The first-order valence-electron chi connectivity index (χ1n) is 6.40. The van der Waals surface area contributed by atoms with Gasteiger partial charge in [-0.1, -0.05) is 49.0 Å². The summed E-state index contributed by atoms with van der Waals surface area (Å²) in [4.78, 5) is 0. The molecule has 0 aliphatic carbocycles. The van der Waals surface area contributed by atoms with Crippen LogP contribution in [-0.2, 0) is 6.42 Å². The summed E-state index contributed by atoms with van der Waals surface area (Å²) in [6, 6.07) is 10.3. The molecule has 0 bridgehead atoms. The van der Waals surface area contributed by atoms with Gasteiger partial charge in [-0.15, -0.1) is 10.2 Å². The van der Waals surface area contributed by atoms with Gasteiger partial charge in [-0.3, -0.25) is 0 Å². The molecule has 0 saturated carbocycles. The van der Waals surface area contributed by atoms with E-state index in [0.717, 1.165) is 18.6 Å². The average molecular weight is 278 g/mol. The number of hydrogen-bond acceptors (Lipinski definition) is 5. The minimum atomic E-state index is 0.193. The van der Waals surface area contributed by atoms with Crippen molar-refractivity contribution in [3.05, 3.63) is 41.8 Å². The number of nitrogens with zero attached hydrogens (tertiary/aromatic N) is 2. The first kappa shape index (κ1) is 14.1. The summed E-state index contributed by atoms with van der Waals surface area (Å²) in [5.74, 6) is 1.83. The van der Waals surface area contributed by atoms with Crippen molar-refractivity contribution < 1.29 is 9.52 Å². The SMILES string of the molecule is CC(Cc1nnc(SCCCO)o1)c1ccccc1. The zero-order valence-electron chi connectivity index (χ0n) is 11.0. The first-order valence-corrected chi connectivity index (χ1v) is 7.39. The van der Waals surface area contributed by atoms with E-state index in [9.17, 15) is 0 Å². The van der Waals surface area contributed by atoms with Crippen molar-refractivity contribution in [3.63, 3.8) is 0 Å². The van der Waals surface area contributed by atoms with Crippen LogP contribution in [0.1, 0.15) is 30.7 Å². The molecular weight excluding hydrogens is 260 g/mol. The number of aromatic nitrogens is 2. The monoisotopic (exact) mass is 278 g/mol. The van der Waals surface area contributed by atoms with Crippen LogP contribution in [-0.4, -0.2) is 27.7 Å². The molecule has 1 heterocycles. The van der Waals surface area contributed by atoms with Gasteiger partial charge >= 0.3 is 0 Å². The molecule has 1 aromatic heterocycles. The lowest BCUT2D eigenvalue weighted by Crippen LogP contribution is -1.98. The molecule has 0 amide bonds. The van der Waals surface area contributed by atoms with E-state index < -0.39 is 0 Å². The van der Waals surface area contributed by atoms with Gasteiger partial charge in [0, 0.05) is 18.8 Å². The van der Waals surface area contributed by atoms with Crippen LogP contribution in [0.5, 0.6) is 0 Å². The van der Waals surface area contributed by atoms with E-state index in [4.69, 9.17) is 9.52 Å². The topological polar surface area (TPSA) is 59.2 Å². The maximum absolute atomic E-state index is 8.71. The largest absolute Gasteiger partial charge is 0.416 e. The Morgan fingerprint density at radius 1 is 1.26 bits per heavy atom. The molecule has 102 valence electrons. The Morgan fingerprint density at radius 3 is 2.79 bits per heavy atom. The van der Waals surface area contributed by atoms with Gasteiger partial charge in [0.25, 0.3) is 5.22 Å². The van der Waals surface area contributed by atoms with Crippen molar-refractivity contribution >= 4 is 11.8 Å². The highest BCUT2D eigenvalue weighted by Gasteiger charge is 2.12. The minimum absolute atomic E-state index is 0.193. The lowest BCUT2D eigenvalue weighted by atomic mass is 9.98. The van der Waals surface area contributed by atoms with E-state index >= 15 is 0 Å². The second-order valence-corrected chi connectivity index (χ2v) is 5.45. The van der Waals surface area contributed by atoms with Gasteiger partial charge in [-0.25, -0.2) is 0 Å². The molecule has 0 aliphatic rings. The van der Waals surface area contributed by atoms with Crippen LogP contribution in [0, 0.1) is 0 Å². The summed E-state index contributed by atoms with van der Waals surface area (Å²) in [6.45, 7) is 2.34. The molecule has 1 unspecified atom stereocenters. The zero-order valence-corrected chi connectivity index (χ0v) is 11.8. The molecule has 0 spiro atoms. The summed E-state index contributed by atoms with van der Waals surface area (Å²) in [6.07, 6.45) is 1.49. The second kappa shape index (κ2) is 7.31. The summed E-state index contributed by atoms with van der Waals surface area (Å²) >= 11 is 1.49. The number of rotatable bonds is 7. The van der Waals surface area contributed by atoms with Crippen LogP contribution in [0.25, 0.3) is 0 Å². The molecule has 1 aromatic carbocycles. The molecule has 2 rings (SSSR count). The van der Waals surface area contributed by atoms with Crippen LogP contribution in [0.2, 0.25) is 0 Å². The Bertz CT molecular complexity index is 487. The van der Waals surface area contributed by atoms with Crippen LogP contribution in [0.4, 0.5) is 0 Å². The van der Waals surface area contributed by atoms with Gasteiger partial charge in [0.05, 0.1) is 0 Å². The lowest BCUT2D eigenvalue weighted by Gasteiger charge is -2.08. The summed E-state index contributed by atoms with van der Waals surface area (Å²) in [5.41, 5.74) is 1.27. The highest BCUT2D eigenvalue weighted by Crippen LogP contribution is 2.22. The molecule has 1 atom stereocenters. The fourth-order valence-corrected chi connectivity index (χ4v) is 2.47. The Kier molecular flexibility index (Phi) is 5.42. The molecule has 0 aliphatic heterocycles. The Hall–Kier alpha value is -1.33. The van der Waals surface area contributed by atoms with Gasteiger partial charge in [0.1, 0.15) is 0 Å². The lowest BCUT2D eigenvalue weighted by molar-refractivity contribution is 0.296. The average Bonchev–Trinajstić information content (AvgIpc) is 2.88. The Labute approximate surface area is 117 Å². The van der Waals surface area contributed by atoms with Crippen LogP contribution in [0.15, 0.2) is 40.0 Å². The molecule has 0 fully saturated rings. The number of thioether (sulfide) groups is 1. The van der Waals surface area contributed by atoms with Crippen molar-refractivity contribution in [1.82, 2.24) is 10.2 Å². The zero-order chi connectivity index (χ0) is 13.5. The predicted octanol–water partition coefficient (Wildman–Crippen LogP) is 2.89. The normalized spacial score (nSPS) is 12.5. The first-order chi connectivity index (χ1) is 9.29. The quantitative estimate of drug-likeness (QED) is 0.623. The maximum Gasteiger partial charge on any atom is 0.276 e. The van der Waals surface area contributed by atoms with E-state index in [0.29, 0.717) is 17.0 Å². The number of aliphatic hydroxyl groups excluding tert-OH is 1. The maximum atomic E-state index is 8.71. The number of hydrogen-bond donors (Lipinski definition) is 1. The van der Waals surface area contributed by atoms with E-state index in [-0.39, 0.29) is 6.61 Å². The van der Waals surface area contributed by atoms with Crippen molar-refractivity contribution in [3.8, 4) is 0 Å². The third-order valence-corrected chi connectivity index (χ3v) is 3.73. The molecule has 0 radical (unpaired) electrons. The summed E-state index contributed by atoms with van der Waals surface area (Å²) in [7, 11) is 0. The van der Waals surface area contributed by atoms with Crippen molar-refractivity contribution in [2.45, 2.75) is 30.9 Å². The van der Waals surface area contributed by atoms with E-state index in [1.165, 1.54) is 17.3 Å². The van der Waals surface area contributed by atoms with Gasteiger partial charge < -0.3 is 9.52 Å². The number of benzene rings is 1. The molecule has 0 saturated heterocycles. The Balaban J connectivity index is 1.89. The molecule has 4 nitrogen and oxygen atoms in total. The summed E-state index contributed by atoms with van der Waals surface area (Å²) < 4.78 is 5.58. The highest BCUT2D eigenvalue weighted by molar-refractivity contribution is 7.99. The van der Waals surface area contributed by atoms with Crippen molar-refractivity contribution in [1.29, 1.82) is 0 Å². The third kappa shape index (κ3) is 4.36. The number of aliphatic hydroxyl groups is 1. The Morgan fingerprint density at radius 2 is 2.05 bits per heavy atom. The van der Waals surface area contributed by atoms with Gasteiger partial charge in [-0.05, 0) is 17.9 Å². The fourth-order valence-electron chi connectivity index (χ4n) is 1.76. The predicted molar refractivity (Wildman–Crippen MR) is 75.3 cm³/mol. The molecule has 5 heteroatoms. The highest BCUT2D eigenvalue weighted by atomic mass is 32.2. The van der Waals surface area contributed by atoms with Gasteiger partial charge in [0.2, 0.25) is 5.89 Å². The summed E-state index contributed by atoms with van der Waals surface area (Å²) in [5, 5.41) is 17.4. The minimum Gasteiger partial charge on any atom is -0.416 e. The fraction of sp³-hybridized carbons (Fsp3) is 0.429. The van der Waals surface area contributed by atoms with Crippen LogP contribution < -0.4 is 0 Å². The smallest absolute Gasteiger partial charge is 0.276 e. The molecular formula is C14H18N2O2S. The molecule has 1 N–H and O–H groups in total. The van der Waals surface area contributed by atoms with Crippen LogP contribution in [0.3, 0.4) is 0 Å². The van der Waals surface area contributed by atoms with E-state index in [1.54, 1.807) is 0 Å². The van der Waals surface area contributed by atoms with E-state index in [1.807, 2.05) is 18.2 Å². The van der Waals surface area contributed by atoms with Gasteiger partial charge in [-0.2, -0.15) is 0 Å². The van der Waals surface area contributed by atoms with Crippen LogP contribution >= 0.6 is 11.8 Å². The van der Waals surface area contributed by atoms with Crippen molar-refractivity contribution in [2.75, 3.05) is 12.4 Å². The molecule has 2 aromatic rings. The molecule has 19 heavy (non-hydrogen) atoms.